The lowest BCUT2D eigenvalue weighted by Crippen LogP contribution is -2.10. The predicted octanol–water partition coefficient (Wildman–Crippen LogP) is 3.00. The van der Waals surface area contributed by atoms with Crippen LogP contribution in [0.15, 0.2) is 23.4 Å². The van der Waals surface area contributed by atoms with Gasteiger partial charge in [0.2, 0.25) is 0 Å². The quantitative estimate of drug-likeness (QED) is 0.476. The molecule has 0 saturated carbocycles. The highest BCUT2D eigenvalue weighted by Crippen LogP contribution is 2.22. The average Bonchev–Trinajstić information content (AvgIpc) is 2.95. The van der Waals surface area contributed by atoms with E-state index >= 15 is 0 Å². The molecular formula is C13H12Cl2N2O3. The van der Waals surface area contributed by atoms with Crippen molar-refractivity contribution in [3.8, 4) is 6.07 Å². The first kappa shape index (κ1) is 15.1. The molecule has 1 saturated heterocycles. The van der Waals surface area contributed by atoms with Crippen LogP contribution in [0.5, 0.6) is 0 Å². The first-order chi connectivity index (χ1) is 9.70. The Hall–Kier alpha value is -1.32. The van der Waals surface area contributed by atoms with Gasteiger partial charge in [-0.05, 0) is 12.1 Å². The molecule has 0 bridgehead atoms. The summed E-state index contributed by atoms with van der Waals surface area (Å²) in [5, 5.41) is 13.6. The molecule has 0 unspecified atom stereocenters. The van der Waals surface area contributed by atoms with Crippen molar-refractivity contribution in [1.29, 1.82) is 5.26 Å². The molecule has 0 atom stereocenters. The van der Waals surface area contributed by atoms with Crippen molar-refractivity contribution in [3.05, 3.63) is 33.8 Å². The van der Waals surface area contributed by atoms with Crippen molar-refractivity contribution < 1.29 is 14.3 Å². The fraction of sp³-hybridized carbons (Fsp3) is 0.385. The van der Waals surface area contributed by atoms with E-state index in [2.05, 4.69) is 5.16 Å². The zero-order valence-corrected chi connectivity index (χ0v) is 12.0. The van der Waals surface area contributed by atoms with Gasteiger partial charge >= 0.3 is 0 Å². The van der Waals surface area contributed by atoms with E-state index in [0.717, 1.165) is 0 Å². The van der Waals surface area contributed by atoms with Crippen LogP contribution in [-0.2, 0) is 14.3 Å². The molecule has 1 aliphatic heterocycles. The summed E-state index contributed by atoms with van der Waals surface area (Å²) >= 11 is 11.7. The lowest BCUT2D eigenvalue weighted by atomic mass is 10.1. The number of benzene rings is 1. The van der Waals surface area contributed by atoms with Crippen LogP contribution in [0.25, 0.3) is 0 Å². The van der Waals surface area contributed by atoms with Crippen LogP contribution >= 0.6 is 23.2 Å². The van der Waals surface area contributed by atoms with Gasteiger partial charge in [-0.15, -0.1) is 0 Å². The number of hydrogen-bond acceptors (Lipinski definition) is 5. The highest BCUT2D eigenvalue weighted by atomic mass is 35.5. The van der Waals surface area contributed by atoms with Crippen LogP contribution in [-0.4, -0.2) is 31.8 Å². The van der Waals surface area contributed by atoms with Crippen molar-refractivity contribution in [2.45, 2.75) is 12.7 Å². The molecule has 5 nitrogen and oxygen atoms in total. The molecule has 0 aromatic heterocycles. The molecule has 106 valence electrons. The van der Waals surface area contributed by atoms with Crippen LogP contribution in [0, 0.1) is 11.3 Å². The Morgan fingerprint density at radius 2 is 2.10 bits per heavy atom. The molecule has 7 heteroatoms. The second-order valence-electron chi connectivity index (χ2n) is 3.97. The third kappa shape index (κ3) is 4.09. The Bertz CT molecular complexity index is 537. The van der Waals surface area contributed by atoms with Crippen LogP contribution in [0.4, 0.5) is 0 Å². The Morgan fingerprint density at radius 1 is 1.35 bits per heavy atom. The van der Waals surface area contributed by atoms with Gasteiger partial charge in [0.15, 0.2) is 12.0 Å². The maximum absolute atomic E-state index is 9.06. The van der Waals surface area contributed by atoms with Gasteiger partial charge in [0.05, 0.1) is 23.3 Å². The molecule has 1 fully saturated rings. The number of ether oxygens (including phenoxy) is 2. The Kier molecular flexibility index (Phi) is 5.62. The van der Waals surface area contributed by atoms with E-state index in [0.29, 0.717) is 41.9 Å². The maximum Gasteiger partial charge on any atom is 0.186 e. The zero-order chi connectivity index (χ0) is 14.4. The number of nitriles is 1. The Morgan fingerprint density at radius 3 is 2.75 bits per heavy atom. The molecule has 1 aromatic rings. The molecule has 20 heavy (non-hydrogen) atoms. The monoisotopic (exact) mass is 314 g/mol. The van der Waals surface area contributed by atoms with Gasteiger partial charge in [-0.3, -0.25) is 0 Å². The Balaban J connectivity index is 1.91. The van der Waals surface area contributed by atoms with Gasteiger partial charge in [-0.2, -0.15) is 5.26 Å². The second-order valence-corrected chi connectivity index (χ2v) is 4.79. The number of oxime groups is 1. The number of rotatable bonds is 5. The molecule has 0 radical (unpaired) electrons. The lowest BCUT2D eigenvalue weighted by Gasteiger charge is -2.07. The van der Waals surface area contributed by atoms with E-state index in [4.69, 9.17) is 42.8 Å². The molecule has 0 N–H and O–H groups in total. The summed E-state index contributed by atoms with van der Waals surface area (Å²) in [5.74, 6) is 0. The van der Waals surface area contributed by atoms with Gasteiger partial charge < -0.3 is 14.3 Å². The summed E-state index contributed by atoms with van der Waals surface area (Å²) in [5.41, 5.74) is 0.687. The first-order valence-electron chi connectivity index (χ1n) is 5.99. The molecule has 0 amide bonds. The lowest BCUT2D eigenvalue weighted by molar-refractivity contribution is -0.0614. The summed E-state index contributed by atoms with van der Waals surface area (Å²) < 4.78 is 10.5. The minimum atomic E-state index is -0.249. The standard InChI is InChI=1S/C13H12Cl2N2O3/c14-10-2-1-9(7-11(10)15)12(8-16)17-20-4-3-13-18-5-6-19-13/h1-2,7,13H,3-6H2. The van der Waals surface area contributed by atoms with Crippen molar-refractivity contribution in [3.63, 3.8) is 0 Å². The molecule has 2 rings (SSSR count). The third-order valence-corrected chi connectivity index (χ3v) is 3.33. The van der Waals surface area contributed by atoms with Gasteiger partial charge in [0.1, 0.15) is 12.7 Å². The van der Waals surface area contributed by atoms with Crippen molar-refractivity contribution in [2.75, 3.05) is 19.8 Å². The van der Waals surface area contributed by atoms with E-state index in [-0.39, 0.29) is 12.0 Å². The average molecular weight is 315 g/mol. The van der Waals surface area contributed by atoms with Crippen LogP contribution < -0.4 is 0 Å². The van der Waals surface area contributed by atoms with Gasteiger partial charge in [0.25, 0.3) is 0 Å². The van der Waals surface area contributed by atoms with Gasteiger partial charge in [0, 0.05) is 12.0 Å². The van der Waals surface area contributed by atoms with Crippen LogP contribution in [0.2, 0.25) is 10.0 Å². The summed E-state index contributed by atoms with van der Waals surface area (Å²) in [7, 11) is 0. The van der Waals surface area contributed by atoms with E-state index in [9.17, 15) is 0 Å². The van der Waals surface area contributed by atoms with E-state index in [1.54, 1.807) is 18.2 Å². The van der Waals surface area contributed by atoms with E-state index < -0.39 is 0 Å². The van der Waals surface area contributed by atoms with Crippen LogP contribution in [0.1, 0.15) is 12.0 Å². The van der Waals surface area contributed by atoms with Crippen molar-refractivity contribution >= 4 is 28.9 Å². The third-order valence-electron chi connectivity index (χ3n) is 2.59. The van der Waals surface area contributed by atoms with Crippen LogP contribution in [0.3, 0.4) is 0 Å². The molecule has 0 aliphatic carbocycles. The minimum Gasteiger partial charge on any atom is -0.395 e. The normalized spacial score (nSPS) is 16.1. The summed E-state index contributed by atoms with van der Waals surface area (Å²) in [4.78, 5) is 5.10. The number of hydrogen-bond donors (Lipinski definition) is 0. The Labute approximate surface area is 126 Å². The summed E-state index contributed by atoms with van der Waals surface area (Å²) in [6.45, 7) is 1.50. The number of nitrogens with zero attached hydrogens (tertiary/aromatic N) is 2. The predicted molar refractivity (Wildman–Crippen MR) is 74.9 cm³/mol. The zero-order valence-electron chi connectivity index (χ0n) is 10.5. The SMILES string of the molecule is N#CC(=NOCCC1OCCO1)c1ccc(Cl)c(Cl)c1. The topological polar surface area (TPSA) is 63.8 Å². The summed E-state index contributed by atoms with van der Waals surface area (Å²) in [6, 6.07) is 6.78. The second kappa shape index (κ2) is 7.46. The van der Waals surface area contributed by atoms with E-state index in [1.807, 2.05) is 6.07 Å². The summed E-state index contributed by atoms with van der Waals surface area (Å²) in [6.07, 6.45) is 0.310. The van der Waals surface area contributed by atoms with Gasteiger partial charge in [-0.1, -0.05) is 34.4 Å². The largest absolute Gasteiger partial charge is 0.395 e. The minimum absolute atomic E-state index is 0.136. The fourth-order valence-corrected chi connectivity index (χ4v) is 1.91. The highest BCUT2D eigenvalue weighted by molar-refractivity contribution is 6.42. The van der Waals surface area contributed by atoms with Crippen molar-refractivity contribution in [1.82, 2.24) is 0 Å². The number of halogens is 2. The molecule has 1 aromatic carbocycles. The van der Waals surface area contributed by atoms with Gasteiger partial charge in [-0.25, -0.2) is 0 Å². The highest BCUT2D eigenvalue weighted by Gasteiger charge is 2.15. The fourth-order valence-electron chi connectivity index (χ4n) is 1.61. The molecule has 1 aliphatic rings. The maximum atomic E-state index is 9.06. The molecule has 0 spiro atoms. The smallest absolute Gasteiger partial charge is 0.186 e. The van der Waals surface area contributed by atoms with E-state index in [1.165, 1.54) is 0 Å². The molecule has 1 heterocycles. The van der Waals surface area contributed by atoms with Crippen molar-refractivity contribution in [2.24, 2.45) is 5.16 Å². The first-order valence-corrected chi connectivity index (χ1v) is 6.75. The molecular weight excluding hydrogens is 303 g/mol.